The van der Waals surface area contributed by atoms with Gasteiger partial charge in [0.05, 0.1) is 7.11 Å². The molecule has 0 aliphatic carbocycles. The highest BCUT2D eigenvalue weighted by Gasteiger charge is 2.08. The molecule has 2 aromatic carbocycles. The van der Waals surface area contributed by atoms with E-state index in [4.69, 9.17) is 16.3 Å². The van der Waals surface area contributed by atoms with E-state index < -0.39 is 0 Å². The van der Waals surface area contributed by atoms with Crippen LogP contribution in [0.25, 0.3) is 11.1 Å². The number of hydrogen-bond donors (Lipinski definition) is 0. The summed E-state index contributed by atoms with van der Waals surface area (Å²) in [5.74, 6) is 0.846. The van der Waals surface area contributed by atoms with E-state index >= 15 is 0 Å². The number of benzene rings is 2. The van der Waals surface area contributed by atoms with Crippen LogP contribution in [-0.4, -0.2) is 7.11 Å². The van der Waals surface area contributed by atoms with Crippen molar-refractivity contribution in [1.29, 1.82) is 0 Å². The molecule has 0 amide bonds. The molecular formula is C14H13ClO. The lowest BCUT2D eigenvalue weighted by Crippen LogP contribution is -1.89. The highest BCUT2D eigenvalue weighted by atomic mass is 35.5. The van der Waals surface area contributed by atoms with Crippen molar-refractivity contribution in [2.75, 3.05) is 7.11 Å². The Kier molecular flexibility index (Phi) is 3.16. The van der Waals surface area contributed by atoms with E-state index in [0.29, 0.717) is 0 Å². The number of methoxy groups -OCH3 is 1. The van der Waals surface area contributed by atoms with Crippen molar-refractivity contribution in [3.63, 3.8) is 0 Å². The van der Waals surface area contributed by atoms with Crippen molar-refractivity contribution in [1.82, 2.24) is 0 Å². The van der Waals surface area contributed by atoms with E-state index in [1.165, 1.54) is 5.56 Å². The van der Waals surface area contributed by atoms with Crippen molar-refractivity contribution in [2.24, 2.45) is 0 Å². The molecule has 0 unspecified atom stereocenters. The summed E-state index contributed by atoms with van der Waals surface area (Å²) >= 11 is 6.18. The highest BCUT2D eigenvalue weighted by molar-refractivity contribution is 6.33. The third-order valence-corrected chi connectivity index (χ3v) is 2.85. The second-order valence-electron chi connectivity index (χ2n) is 3.68. The second-order valence-corrected chi connectivity index (χ2v) is 4.09. The molecule has 0 aliphatic rings. The molecule has 0 saturated heterocycles. The van der Waals surface area contributed by atoms with Crippen LogP contribution in [0.3, 0.4) is 0 Å². The van der Waals surface area contributed by atoms with Crippen molar-refractivity contribution in [3.8, 4) is 16.9 Å². The average Bonchev–Trinajstić information content (AvgIpc) is 2.29. The highest BCUT2D eigenvalue weighted by Crippen LogP contribution is 2.35. The molecule has 0 atom stereocenters. The van der Waals surface area contributed by atoms with Gasteiger partial charge < -0.3 is 4.74 Å². The van der Waals surface area contributed by atoms with Crippen LogP contribution in [0.2, 0.25) is 5.02 Å². The van der Waals surface area contributed by atoms with Crippen LogP contribution in [0, 0.1) is 6.92 Å². The van der Waals surface area contributed by atoms with Crippen LogP contribution in [0.4, 0.5) is 0 Å². The Hall–Kier alpha value is -1.47. The largest absolute Gasteiger partial charge is 0.496 e. The van der Waals surface area contributed by atoms with Gasteiger partial charge in [-0.15, -0.1) is 0 Å². The topological polar surface area (TPSA) is 9.23 Å². The van der Waals surface area contributed by atoms with Gasteiger partial charge in [0, 0.05) is 16.1 Å². The summed E-state index contributed by atoms with van der Waals surface area (Å²) in [6.45, 7) is 2.06. The predicted molar refractivity (Wildman–Crippen MR) is 68.2 cm³/mol. The fraction of sp³-hybridized carbons (Fsp3) is 0.143. The molecule has 1 nitrogen and oxygen atoms in total. The Morgan fingerprint density at radius 1 is 1.00 bits per heavy atom. The number of aryl methyl sites for hydroxylation is 1. The summed E-state index contributed by atoms with van der Waals surface area (Å²) in [7, 11) is 1.67. The van der Waals surface area contributed by atoms with Crippen LogP contribution in [-0.2, 0) is 0 Å². The van der Waals surface area contributed by atoms with E-state index in [2.05, 4.69) is 13.0 Å². The Balaban J connectivity index is 2.63. The van der Waals surface area contributed by atoms with E-state index in [0.717, 1.165) is 21.9 Å². The fourth-order valence-corrected chi connectivity index (χ4v) is 1.95. The molecule has 2 heteroatoms. The summed E-state index contributed by atoms with van der Waals surface area (Å²) < 4.78 is 5.35. The van der Waals surface area contributed by atoms with Crippen LogP contribution in [0.5, 0.6) is 5.75 Å². The van der Waals surface area contributed by atoms with Gasteiger partial charge in [0.2, 0.25) is 0 Å². The molecule has 0 N–H and O–H groups in total. The molecule has 2 rings (SSSR count). The number of rotatable bonds is 2. The zero-order valence-electron chi connectivity index (χ0n) is 9.33. The second kappa shape index (κ2) is 4.58. The minimum atomic E-state index is 0.742. The van der Waals surface area contributed by atoms with Gasteiger partial charge in [-0.3, -0.25) is 0 Å². The maximum atomic E-state index is 6.18. The van der Waals surface area contributed by atoms with Crippen LogP contribution in [0.15, 0.2) is 42.5 Å². The maximum Gasteiger partial charge on any atom is 0.126 e. The predicted octanol–water partition coefficient (Wildman–Crippen LogP) is 4.32. The SMILES string of the molecule is COc1ccc(C)cc1-c1ccccc1Cl. The van der Waals surface area contributed by atoms with Gasteiger partial charge in [0.1, 0.15) is 5.75 Å². The fourth-order valence-electron chi connectivity index (χ4n) is 1.71. The molecule has 82 valence electrons. The molecule has 0 radical (unpaired) electrons. The Morgan fingerprint density at radius 2 is 1.75 bits per heavy atom. The molecule has 0 heterocycles. The first-order valence-corrected chi connectivity index (χ1v) is 5.49. The molecule has 0 bridgehead atoms. The summed E-state index contributed by atoms with van der Waals surface area (Å²) in [5, 5.41) is 0.742. The number of halogens is 1. The molecule has 0 aromatic heterocycles. The van der Waals surface area contributed by atoms with Crippen LogP contribution in [0.1, 0.15) is 5.56 Å². The summed E-state index contributed by atoms with van der Waals surface area (Å²) in [6, 6.07) is 13.9. The van der Waals surface area contributed by atoms with Crippen molar-refractivity contribution >= 4 is 11.6 Å². The molecule has 16 heavy (non-hydrogen) atoms. The van der Waals surface area contributed by atoms with Crippen LogP contribution < -0.4 is 4.74 Å². The van der Waals surface area contributed by atoms with Crippen molar-refractivity contribution in [2.45, 2.75) is 6.92 Å². The lowest BCUT2D eigenvalue weighted by Gasteiger charge is -2.10. The lowest BCUT2D eigenvalue weighted by atomic mass is 10.0. The molecule has 0 spiro atoms. The molecular weight excluding hydrogens is 220 g/mol. The van der Waals surface area contributed by atoms with E-state index in [1.807, 2.05) is 36.4 Å². The first kappa shape index (κ1) is 11.0. The average molecular weight is 233 g/mol. The molecule has 0 fully saturated rings. The Bertz CT molecular complexity index is 506. The monoisotopic (exact) mass is 232 g/mol. The summed E-state index contributed by atoms with van der Waals surface area (Å²) in [6.07, 6.45) is 0. The minimum absolute atomic E-state index is 0.742. The normalized spacial score (nSPS) is 10.2. The summed E-state index contributed by atoms with van der Waals surface area (Å²) in [5.41, 5.74) is 3.23. The first-order chi connectivity index (χ1) is 7.72. The standard InChI is InChI=1S/C14H13ClO/c1-10-7-8-14(16-2)12(9-10)11-5-3-4-6-13(11)15/h3-9H,1-2H3. The van der Waals surface area contributed by atoms with E-state index in [1.54, 1.807) is 7.11 Å². The molecule has 2 aromatic rings. The first-order valence-electron chi connectivity index (χ1n) is 5.12. The van der Waals surface area contributed by atoms with Crippen molar-refractivity contribution < 1.29 is 4.74 Å². The third-order valence-electron chi connectivity index (χ3n) is 2.52. The van der Waals surface area contributed by atoms with Gasteiger partial charge in [-0.05, 0) is 25.1 Å². The van der Waals surface area contributed by atoms with Gasteiger partial charge in [-0.25, -0.2) is 0 Å². The lowest BCUT2D eigenvalue weighted by molar-refractivity contribution is 0.416. The Morgan fingerprint density at radius 3 is 2.44 bits per heavy atom. The van der Waals surface area contributed by atoms with E-state index in [9.17, 15) is 0 Å². The van der Waals surface area contributed by atoms with Crippen molar-refractivity contribution in [3.05, 3.63) is 53.1 Å². The van der Waals surface area contributed by atoms with E-state index in [-0.39, 0.29) is 0 Å². The zero-order chi connectivity index (χ0) is 11.5. The van der Waals surface area contributed by atoms with Gasteiger partial charge in [0.25, 0.3) is 0 Å². The number of ether oxygens (including phenoxy) is 1. The quantitative estimate of drug-likeness (QED) is 0.749. The van der Waals surface area contributed by atoms with Gasteiger partial charge in [-0.1, -0.05) is 41.4 Å². The van der Waals surface area contributed by atoms with Gasteiger partial charge in [-0.2, -0.15) is 0 Å². The van der Waals surface area contributed by atoms with Crippen LogP contribution >= 0.6 is 11.6 Å². The smallest absolute Gasteiger partial charge is 0.126 e. The summed E-state index contributed by atoms with van der Waals surface area (Å²) in [4.78, 5) is 0. The Labute approximate surface area is 101 Å². The maximum absolute atomic E-state index is 6.18. The zero-order valence-corrected chi connectivity index (χ0v) is 10.1. The van der Waals surface area contributed by atoms with Gasteiger partial charge in [0.15, 0.2) is 0 Å². The molecule has 0 aliphatic heterocycles. The third kappa shape index (κ3) is 2.05. The van der Waals surface area contributed by atoms with Gasteiger partial charge >= 0.3 is 0 Å². The minimum Gasteiger partial charge on any atom is -0.496 e. The number of hydrogen-bond acceptors (Lipinski definition) is 1. The molecule has 0 saturated carbocycles.